The molecule has 0 aliphatic rings. The quantitative estimate of drug-likeness (QED) is 0.777. The summed E-state index contributed by atoms with van der Waals surface area (Å²) in [7, 11) is 1.32. The Hall–Kier alpha value is -0.880. The fourth-order valence-corrected chi connectivity index (χ4v) is 1.97. The molecule has 0 aromatic heterocycles. The minimum absolute atomic E-state index is 0.0946. The highest BCUT2D eigenvalue weighted by Crippen LogP contribution is 2.18. The zero-order valence-electron chi connectivity index (χ0n) is 7.36. The van der Waals surface area contributed by atoms with E-state index in [9.17, 15) is 17.2 Å². The number of hydrogen-bond donors (Lipinski definition) is 0. The molecule has 0 atom stereocenters. The molecule has 1 rings (SSSR count). The predicted octanol–water partition coefficient (Wildman–Crippen LogP) is 2.36. The summed E-state index contributed by atoms with van der Waals surface area (Å²) in [5.41, 5.74) is 0.295. The highest BCUT2D eigenvalue weighted by atomic mass is 35.7. The molecule has 0 unspecified atom stereocenters. The van der Waals surface area contributed by atoms with Crippen molar-refractivity contribution in [2.45, 2.75) is 12.4 Å². The summed E-state index contributed by atoms with van der Waals surface area (Å²) in [5, 5.41) is 0. The van der Waals surface area contributed by atoms with Gasteiger partial charge in [-0.3, -0.25) is 0 Å². The van der Waals surface area contributed by atoms with E-state index >= 15 is 0 Å². The molecule has 0 aliphatic heterocycles. The SMILES string of the molecule is O=S(=O)(Cl)Cc1cccc(OC(F)F)c1. The van der Waals surface area contributed by atoms with Gasteiger partial charge >= 0.3 is 6.61 Å². The monoisotopic (exact) mass is 256 g/mol. The summed E-state index contributed by atoms with van der Waals surface area (Å²) in [4.78, 5) is 0. The topological polar surface area (TPSA) is 43.4 Å². The van der Waals surface area contributed by atoms with E-state index in [2.05, 4.69) is 4.74 Å². The second kappa shape index (κ2) is 4.76. The van der Waals surface area contributed by atoms with Crippen LogP contribution in [0, 0.1) is 0 Å². The van der Waals surface area contributed by atoms with Crippen molar-refractivity contribution in [3.8, 4) is 5.75 Å². The van der Waals surface area contributed by atoms with Crippen molar-refractivity contribution < 1.29 is 21.9 Å². The van der Waals surface area contributed by atoms with E-state index in [1.165, 1.54) is 24.3 Å². The van der Waals surface area contributed by atoms with Gasteiger partial charge in [-0.25, -0.2) is 8.42 Å². The molecule has 0 radical (unpaired) electrons. The Bertz CT molecular complexity index is 433. The van der Waals surface area contributed by atoms with Gasteiger partial charge in [-0.05, 0) is 17.7 Å². The fraction of sp³-hybridized carbons (Fsp3) is 0.250. The summed E-state index contributed by atoms with van der Waals surface area (Å²) >= 11 is 0. The van der Waals surface area contributed by atoms with Gasteiger partial charge in [-0.15, -0.1) is 0 Å². The van der Waals surface area contributed by atoms with Crippen LogP contribution >= 0.6 is 10.7 Å². The molecule has 1 aromatic carbocycles. The van der Waals surface area contributed by atoms with Gasteiger partial charge in [0.2, 0.25) is 9.05 Å². The van der Waals surface area contributed by atoms with Crippen LogP contribution in [0.4, 0.5) is 8.78 Å². The first-order chi connectivity index (χ1) is 6.87. The maximum atomic E-state index is 11.8. The average molecular weight is 257 g/mol. The highest BCUT2D eigenvalue weighted by Gasteiger charge is 2.09. The smallest absolute Gasteiger partial charge is 0.387 e. The van der Waals surface area contributed by atoms with Crippen LogP contribution in [-0.2, 0) is 14.8 Å². The molecule has 0 heterocycles. The maximum absolute atomic E-state index is 11.8. The van der Waals surface area contributed by atoms with Crippen molar-refractivity contribution >= 4 is 19.7 Å². The van der Waals surface area contributed by atoms with Gasteiger partial charge in [0, 0.05) is 10.7 Å². The van der Waals surface area contributed by atoms with Crippen molar-refractivity contribution in [3.05, 3.63) is 29.8 Å². The van der Waals surface area contributed by atoms with Crippen LogP contribution in [0.5, 0.6) is 5.75 Å². The van der Waals surface area contributed by atoms with Crippen molar-refractivity contribution in [2.75, 3.05) is 0 Å². The van der Waals surface area contributed by atoms with E-state index in [-0.39, 0.29) is 5.75 Å². The lowest BCUT2D eigenvalue weighted by Crippen LogP contribution is -2.02. The molecule has 84 valence electrons. The Kier molecular flexibility index (Phi) is 3.87. The molecule has 1 aromatic rings. The predicted molar refractivity (Wildman–Crippen MR) is 51.6 cm³/mol. The molecule has 7 heteroatoms. The average Bonchev–Trinajstić information content (AvgIpc) is 1.99. The second-order valence-electron chi connectivity index (χ2n) is 2.71. The van der Waals surface area contributed by atoms with Gasteiger partial charge in [0.05, 0.1) is 5.75 Å². The Morgan fingerprint density at radius 1 is 1.40 bits per heavy atom. The fourth-order valence-electron chi connectivity index (χ4n) is 1.01. The van der Waals surface area contributed by atoms with E-state index in [0.29, 0.717) is 5.56 Å². The number of alkyl halides is 2. The summed E-state index contributed by atoms with van der Waals surface area (Å²) < 4.78 is 49.2. The molecule has 0 spiro atoms. The number of rotatable bonds is 4. The van der Waals surface area contributed by atoms with Crippen molar-refractivity contribution in [2.24, 2.45) is 0 Å². The van der Waals surface area contributed by atoms with Crippen molar-refractivity contribution in [3.63, 3.8) is 0 Å². The van der Waals surface area contributed by atoms with Gasteiger partial charge in [0.1, 0.15) is 5.75 Å². The number of hydrogen-bond acceptors (Lipinski definition) is 3. The Labute approximate surface area is 90.0 Å². The molecule has 0 bridgehead atoms. The third-order valence-electron chi connectivity index (χ3n) is 1.46. The number of benzene rings is 1. The molecule has 0 saturated heterocycles. The molecule has 0 N–H and O–H groups in total. The van der Waals surface area contributed by atoms with E-state index in [0.717, 1.165) is 0 Å². The minimum atomic E-state index is -3.69. The Morgan fingerprint density at radius 2 is 2.07 bits per heavy atom. The summed E-state index contributed by atoms with van der Waals surface area (Å²) in [6.07, 6.45) is 0. The zero-order valence-corrected chi connectivity index (χ0v) is 8.93. The normalized spacial score (nSPS) is 11.7. The second-order valence-corrected chi connectivity index (χ2v) is 5.49. The molecule has 15 heavy (non-hydrogen) atoms. The van der Waals surface area contributed by atoms with Crippen LogP contribution < -0.4 is 4.74 Å². The number of halogens is 3. The van der Waals surface area contributed by atoms with Gasteiger partial charge in [0.15, 0.2) is 0 Å². The molecule has 0 saturated carbocycles. The molecule has 0 aliphatic carbocycles. The standard InChI is InChI=1S/C8H7ClF2O3S/c9-15(12,13)5-6-2-1-3-7(4-6)14-8(10)11/h1-4,8H,5H2. The van der Waals surface area contributed by atoms with Crippen LogP contribution in [0.3, 0.4) is 0 Å². The first kappa shape index (κ1) is 12.2. The lowest BCUT2D eigenvalue weighted by Gasteiger charge is -2.05. The summed E-state index contributed by atoms with van der Waals surface area (Å²) in [6, 6.07) is 5.37. The van der Waals surface area contributed by atoms with Crippen LogP contribution in [0.2, 0.25) is 0 Å². The Morgan fingerprint density at radius 3 is 2.60 bits per heavy atom. The largest absolute Gasteiger partial charge is 0.435 e. The molecule has 0 amide bonds. The first-order valence-electron chi connectivity index (χ1n) is 3.83. The summed E-state index contributed by atoms with van der Waals surface area (Å²) in [6.45, 7) is -2.94. The van der Waals surface area contributed by atoms with E-state index in [1.54, 1.807) is 0 Å². The van der Waals surface area contributed by atoms with E-state index < -0.39 is 21.4 Å². The van der Waals surface area contributed by atoms with Crippen LogP contribution in [0.25, 0.3) is 0 Å². The van der Waals surface area contributed by atoms with Crippen LogP contribution in [-0.4, -0.2) is 15.0 Å². The lowest BCUT2D eigenvalue weighted by molar-refractivity contribution is -0.0498. The third-order valence-corrected chi connectivity index (χ3v) is 2.47. The van der Waals surface area contributed by atoms with Crippen molar-refractivity contribution in [1.82, 2.24) is 0 Å². The maximum Gasteiger partial charge on any atom is 0.387 e. The minimum Gasteiger partial charge on any atom is -0.435 e. The highest BCUT2D eigenvalue weighted by molar-refractivity contribution is 8.13. The molecular formula is C8H7ClF2O3S. The van der Waals surface area contributed by atoms with Crippen LogP contribution in [0.15, 0.2) is 24.3 Å². The van der Waals surface area contributed by atoms with Gasteiger partial charge in [-0.1, -0.05) is 12.1 Å². The number of ether oxygens (including phenoxy) is 1. The third kappa shape index (κ3) is 4.94. The molecule has 0 fully saturated rings. The van der Waals surface area contributed by atoms with E-state index in [1.807, 2.05) is 0 Å². The zero-order chi connectivity index (χ0) is 11.5. The first-order valence-corrected chi connectivity index (χ1v) is 6.31. The molecule has 3 nitrogen and oxygen atoms in total. The van der Waals surface area contributed by atoms with Gasteiger partial charge < -0.3 is 4.74 Å². The Balaban J connectivity index is 2.83. The van der Waals surface area contributed by atoms with Crippen molar-refractivity contribution in [1.29, 1.82) is 0 Å². The van der Waals surface area contributed by atoms with Gasteiger partial charge in [0.25, 0.3) is 0 Å². The lowest BCUT2D eigenvalue weighted by atomic mass is 10.2. The molecular weight excluding hydrogens is 250 g/mol. The van der Waals surface area contributed by atoms with Crippen LogP contribution in [0.1, 0.15) is 5.56 Å². The van der Waals surface area contributed by atoms with E-state index in [4.69, 9.17) is 10.7 Å². The summed E-state index contributed by atoms with van der Waals surface area (Å²) in [5.74, 6) is -0.516. The van der Waals surface area contributed by atoms with Gasteiger partial charge in [-0.2, -0.15) is 8.78 Å².